The Hall–Kier alpha value is -2.79. The van der Waals surface area contributed by atoms with Gasteiger partial charge in [-0.25, -0.2) is 16.8 Å². The molecule has 0 aliphatic rings. The van der Waals surface area contributed by atoms with E-state index in [4.69, 9.17) is 18.0 Å². The van der Waals surface area contributed by atoms with Gasteiger partial charge in [0.2, 0.25) is 0 Å². The summed E-state index contributed by atoms with van der Waals surface area (Å²) in [5.74, 6) is -0.653. The van der Waals surface area contributed by atoms with Gasteiger partial charge in [0, 0.05) is 34.3 Å². The van der Waals surface area contributed by atoms with Gasteiger partial charge >= 0.3 is 0 Å². The number of nitrogens with zero attached hydrogens (tertiary/aromatic N) is 2. The highest BCUT2D eigenvalue weighted by molar-refractivity contribution is 7.99. The van der Waals surface area contributed by atoms with E-state index in [1.165, 1.54) is 24.5 Å². The van der Waals surface area contributed by atoms with E-state index in [1.54, 1.807) is 30.3 Å². The fourth-order valence-corrected chi connectivity index (χ4v) is 5.74. The maximum absolute atomic E-state index is 15.2. The van der Waals surface area contributed by atoms with Crippen LogP contribution in [0.4, 0.5) is 4.39 Å². The second kappa shape index (κ2) is 8.62. The first kappa shape index (κ1) is 22.4. The fourth-order valence-electron chi connectivity index (χ4n) is 3.30. The normalized spacial score (nSPS) is 11.7. The zero-order valence-electron chi connectivity index (χ0n) is 16.8. The highest BCUT2D eigenvalue weighted by Crippen LogP contribution is 2.38. The quantitative estimate of drug-likeness (QED) is 0.397. The lowest BCUT2D eigenvalue weighted by Gasteiger charge is -2.13. The number of aliphatic hydroxyl groups is 1. The van der Waals surface area contributed by atoms with Crippen LogP contribution in [0.25, 0.3) is 10.9 Å². The Morgan fingerprint density at radius 3 is 2.59 bits per heavy atom. The van der Waals surface area contributed by atoms with E-state index in [1.807, 2.05) is 6.92 Å². The van der Waals surface area contributed by atoms with Crippen molar-refractivity contribution >= 4 is 49.9 Å². The van der Waals surface area contributed by atoms with Gasteiger partial charge in [-0.3, -0.25) is 4.98 Å². The number of aromatic nitrogens is 2. The molecular weight excluding hydrogens is 469 g/mol. The lowest BCUT2D eigenvalue weighted by Crippen LogP contribution is -2.12. The molecule has 0 radical (unpaired) electrons. The Balaban J connectivity index is 1.84. The third kappa shape index (κ3) is 4.02. The molecule has 2 heterocycles. The Morgan fingerprint density at radius 2 is 1.94 bits per heavy atom. The van der Waals surface area contributed by atoms with Crippen LogP contribution >= 0.6 is 24.0 Å². The highest BCUT2D eigenvalue weighted by Gasteiger charge is 2.23. The van der Waals surface area contributed by atoms with Crippen LogP contribution in [0.1, 0.15) is 16.8 Å². The maximum Gasteiger partial charge on any atom is 0.268 e. The summed E-state index contributed by atoms with van der Waals surface area (Å²) in [4.78, 5) is 5.09. The number of hydrogen-bond acceptors (Lipinski definition) is 6. The molecular formula is C22H18FN3O3S3. The Kier molecular flexibility index (Phi) is 6.04. The van der Waals surface area contributed by atoms with E-state index in [9.17, 15) is 13.5 Å². The first-order chi connectivity index (χ1) is 15.2. The molecule has 0 saturated carbocycles. The molecule has 164 valence electrons. The van der Waals surface area contributed by atoms with Gasteiger partial charge < -0.3 is 10.8 Å². The molecule has 0 bridgehead atoms. The summed E-state index contributed by atoms with van der Waals surface area (Å²) in [6, 6.07) is 12.4. The molecule has 3 N–H and O–H groups in total. The number of hydrogen-bond donors (Lipinski definition) is 2. The number of fused-ring (bicyclic) bond motifs is 1. The number of halogens is 1. The Labute approximate surface area is 194 Å². The summed E-state index contributed by atoms with van der Waals surface area (Å²) < 4.78 is 42.5. The van der Waals surface area contributed by atoms with E-state index in [-0.39, 0.29) is 25.9 Å². The summed E-state index contributed by atoms with van der Waals surface area (Å²) in [5.41, 5.74) is 7.38. The molecule has 6 nitrogen and oxygen atoms in total. The van der Waals surface area contributed by atoms with Crippen LogP contribution in [0.15, 0.2) is 75.6 Å². The Morgan fingerprint density at radius 1 is 1.22 bits per heavy atom. The average Bonchev–Trinajstić information content (AvgIpc) is 3.19. The molecule has 4 rings (SSSR count). The number of nitrogens with two attached hydrogens (primary N) is 1. The topological polar surface area (TPSA) is 98.2 Å². The van der Waals surface area contributed by atoms with Crippen LogP contribution in [0, 0.1) is 12.7 Å². The molecule has 0 amide bonds. The smallest absolute Gasteiger partial charge is 0.268 e. The third-order valence-electron chi connectivity index (χ3n) is 4.91. The number of rotatable bonds is 6. The molecule has 2 aromatic heterocycles. The predicted molar refractivity (Wildman–Crippen MR) is 126 cm³/mol. The minimum absolute atomic E-state index is 0.0899. The van der Waals surface area contributed by atoms with Gasteiger partial charge in [-0.1, -0.05) is 41.7 Å². The average molecular weight is 488 g/mol. The van der Waals surface area contributed by atoms with Gasteiger partial charge in [-0.2, -0.15) is 0 Å². The van der Waals surface area contributed by atoms with E-state index in [2.05, 4.69) is 4.98 Å². The number of aliphatic hydroxyl groups excluding tert-OH is 1. The SMILES string of the molecule is Cc1ccc(S(=O)(=O)n2ccc3c(CO)c(Sc4ccnc(C(N)=S)c4)c(F)cc32)cc1. The van der Waals surface area contributed by atoms with Crippen molar-refractivity contribution in [2.45, 2.75) is 28.2 Å². The molecule has 0 fully saturated rings. The van der Waals surface area contributed by atoms with Crippen molar-refractivity contribution in [3.63, 3.8) is 0 Å². The molecule has 10 heteroatoms. The van der Waals surface area contributed by atoms with Crippen molar-refractivity contribution in [1.82, 2.24) is 8.96 Å². The van der Waals surface area contributed by atoms with Crippen LogP contribution < -0.4 is 5.73 Å². The highest BCUT2D eigenvalue weighted by atomic mass is 32.2. The minimum Gasteiger partial charge on any atom is -0.392 e. The van der Waals surface area contributed by atoms with Gasteiger partial charge in [0.15, 0.2) is 0 Å². The van der Waals surface area contributed by atoms with Crippen LogP contribution in [-0.2, 0) is 16.6 Å². The van der Waals surface area contributed by atoms with Crippen molar-refractivity contribution in [1.29, 1.82) is 0 Å². The summed E-state index contributed by atoms with van der Waals surface area (Å²) in [6.07, 6.45) is 2.88. The van der Waals surface area contributed by atoms with E-state index in [0.717, 1.165) is 27.4 Å². The summed E-state index contributed by atoms with van der Waals surface area (Å²) >= 11 is 6.02. The largest absolute Gasteiger partial charge is 0.392 e. The summed E-state index contributed by atoms with van der Waals surface area (Å²) in [5, 5.41) is 10.5. The molecule has 0 saturated heterocycles. The van der Waals surface area contributed by atoms with Crippen molar-refractivity contribution < 1.29 is 17.9 Å². The van der Waals surface area contributed by atoms with Gasteiger partial charge in [-0.05, 0) is 37.3 Å². The van der Waals surface area contributed by atoms with Gasteiger partial charge in [0.1, 0.15) is 10.8 Å². The first-order valence-electron chi connectivity index (χ1n) is 9.41. The fraction of sp³-hybridized carbons (Fsp3) is 0.0909. The third-order valence-corrected chi connectivity index (χ3v) is 7.96. The summed E-state index contributed by atoms with van der Waals surface area (Å²) in [7, 11) is -3.94. The molecule has 0 aliphatic carbocycles. The zero-order chi connectivity index (χ0) is 23.0. The van der Waals surface area contributed by atoms with Crippen molar-refractivity contribution in [2.24, 2.45) is 5.73 Å². The van der Waals surface area contributed by atoms with Crippen molar-refractivity contribution in [3.05, 3.63) is 83.6 Å². The predicted octanol–water partition coefficient (Wildman–Crippen LogP) is 4.00. The minimum atomic E-state index is -3.94. The maximum atomic E-state index is 15.2. The standard InChI is InChI=1S/C22H18FN3O3S3/c1-13-2-4-15(5-3-13)32(28,29)26-9-7-16-17(12-27)21(18(23)11-20(16)26)31-14-6-8-25-19(10-14)22(24)30/h2-11,27H,12H2,1H3,(H2,24,30). The lowest BCUT2D eigenvalue weighted by atomic mass is 10.1. The number of thiocarbonyl (C=S) groups is 1. The van der Waals surface area contributed by atoms with Crippen molar-refractivity contribution in [2.75, 3.05) is 0 Å². The van der Waals surface area contributed by atoms with Crippen molar-refractivity contribution in [3.8, 4) is 0 Å². The van der Waals surface area contributed by atoms with E-state index >= 15 is 4.39 Å². The molecule has 0 unspecified atom stereocenters. The number of pyridine rings is 1. The molecule has 0 aliphatic heterocycles. The van der Waals surface area contributed by atoms with E-state index in [0.29, 0.717) is 16.0 Å². The Bertz CT molecular complexity index is 1450. The van der Waals surface area contributed by atoms with Crippen LogP contribution in [0.2, 0.25) is 0 Å². The number of benzene rings is 2. The molecule has 32 heavy (non-hydrogen) atoms. The second-order valence-electron chi connectivity index (χ2n) is 7.03. The van der Waals surface area contributed by atoms with Crippen LogP contribution in [-0.4, -0.2) is 27.5 Å². The van der Waals surface area contributed by atoms with Gasteiger partial charge in [-0.15, -0.1) is 0 Å². The zero-order valence-corrected chi connectivity index (χ0v) is 19.3. The molecule has 4 aromatic rings. The monoisotopic (exact) mass is 487 g/mol. The van der Waals surface area contributed by atoms with Crippen LogP contribution in [0.3, 0.4) is 0 Å². The molecule has 2 aromatic carbocycles. The molecule has 0 atom stereocenters. The lowest BCUT2D eigenvalue weighted by molar-refractivity contribution is 0.279. The van der Waals surface area contributed by atoms with Crippen LogP contribution in [0.5, 0.6) is 0 Å². The first-order valence-corrected chi connectivity index (χ1v) is 12.1. The number of aryl methyl sites for hydroxylation is 1. The summed E-state index contributed by atoms with van der Waals surface area (Å²) in [6.45, 7) is 1.38. The van der Waals surface area contributed by atoms with Gasteiger partial charge in [0.25, 0.3) is 10.0 Å². The second-order valence-corrected chi connectivity index (χ2v) is 10.4. The van der Waals surface area contributed by atoms with E-state index < -0.39 is 22.4 Å². The molecule has 0 spiro atoms. The van der Waals surface area contributed by atoms with Gasteiger partial charge in [0.05, 0.1) is 27.6 Å².